The van der Waals surface area contributed by atoms with Crippen molar-refractivity contribution in [1.29, 1.82) is 0 Å². The zero-order valence-corrected chi connectivity index (χ0v) is 7.51. The predicted molar refractivity (Wildman–Crippen MR) is 52.4 cm³/mol. The number of nitrogens with one attached hydrogen (secondary N) is 1. The Morgan fingerprint density at radius 1 is 1.42 bits per heavy atom. The molecule has 0 bridgehead atoms. The molecule has 0 saturated heterocycles. The third kappa shape index (κ3) is 2.00. The third-order valence-electron chi connectivity index (χ3n) is 2.31. The van der Waals surface area contributed by atoms with E-state index in [1.54, 1.807) is 0 Å². The van der Waals surface area contributed by atoms with Crippen LogP contribution < -0.4 is 5.32 Å². The second-order valence-electron chi connectivity index (χ2n) is 3.69. The molecule has 1 saturated carbocycles. The van der Waals surface area contributed by atoms with Crippen molar-refractivity contribution in [3.05, 3.63) is 29.8 Å². The van der Waals surface area contributed by atoms with Gasteiger partial charge in [0, 0.05) is 12.2 Å². The molecule has 0 aliphatic heterocycles. The fourth-order valence-electron chi connectivity index (χ4n) is 1.34. The van der Waals surface area contributed by atoms with Gasteiger partial charge in [0.05, 0.1) is 0 Å². The first-order valence-corrected chi connectivity index (χ1v) is 4.65. The van der Waals surface area contributed by atoms with Gasteiger partial charge in [-0.15, -0.1) is 0 Å². The van der Waals surface area contributed by atoms with E-state index < -0.39 is 0 Å². The summed E-state index contributed by atoms with van der Waals surface area (Å²) < 4.78 is 0. The topological polar surface area (TPSA) is 12.0 Å². The highest BCUT2D eigenvalue weighted by atomic mass is 14.9. The van der Waals surface area contributed by atoms with Gasteiger partial charge in [-0.3, -0.25) is 0 Å². The molecule has 1 heteroatoms. The molecular formula is C11H15N. The number of hydrogen-bond donors (Lipinski definition) is 1. The molecular weight excluding hydrogens is 146 g/mol. The van der Waals surface area contributed by atoms with E-state index in [0.29, 0.717) is 0 Å². The smallest absolute Gasteiger partial charge is 0.0342 e. The van der Waals surface area contributed by atoms with Gasteiger partial charge in [0.2, 0.25) is 0 Å². The Balaban J connectivity index is 1.92. The second kappa shape index (κ2) is 3.18. The molecule has 1 aromatic rings. The van der Waals surface area contributed by atoms with Crippen molar-refractivity contribution in [2.75, 3.05) is 11.9 Å². The van der Waals surface area contributed by atoms with Crippen LogP contribution in [0.15, 0.2) is 24.3 Å². The van der Waals surface area contributed by atoms with Gasteiger partial charge < -0.3 is 5.32 Å². The van der Waals surface area contributed by atoms with Crippen molar-refractivity contribution in [3.63, 3.8) is 0 Å². The Hall–Kier alpha value is -0.980. The molecule has 1 nitrogen and oxygen atoms in total. The highest BCUT2D eigenvalue weighted by Crippen LogP contribution is 2.28. The standard InChI is InChI=1S/C11H15N/c1-9-3-2-4-11(7-9)12-8-10-5-6-10/h2-4,7,10,12H,5-6,8H2,1H3. The summed E-state index contributed by atoms with van der Waals surface area (Å²) in [6, 6.07) is 8.56. The summed E-state index contributed by atoms with van der Waals surface area (Å²) in [5.41, 5.74) is 2.60. The van der Waals surface area contributed by atoms with Crippen molar-refractivity contribution in [1.82, 2.24) is 0 Å². The molecule has 1 fully saturated rings. The van der Waals surface area contributed by atoms with Crippen LogP contribution in [0.1, 0.15) is 18.4 Å². The zero-order valence-electron chi connectivity index (χ0n) is 7.51. The molecule has 0 aromatic heterocycles. The van der Waals surface area contributed by atoms with Crippen molar-refractivity contribution in [3.8, 4) is 0 Å². The summed E-state index contributed by atoms with van der Waals surface area (Å²) in [5, 5.41) is 3.45. The summed E-state index contributed by atoms with van der Waals surface area (Å²) in [7, 11) is 0. The molecule has 0 heterocycles. The van der Waals surface area contributed by atoms with Gasteiger partial charge in [0.1, 0.15) is 0 Å². The first kappa shape index (κ1) is 7.66. The van der Waals surface area contributed by atoms with Crippen molar-refractivity contribution in [2.45, 2.75) is 19.8 Å². The zero-order chi connectivity index (χ0) is 8.39. The summed E-state index contributed by atoms with van der Waals surface area (Å²) in [4.78, 5) is 0. The van der Waals surface area contributed by atoms with Crippen LogP contribution >= 0.6 is 0 Å². The van der Waals surface area contributed by atoms with E-state index in [0.717, 1.165) is 12.5 Å². The SMILES string of the molecule is Cc1cccc(NCC2CC2)c1. The van der Waals surface area contributed by atoms with Crippen LogP contribution in [0.3, 0.4) is 0 Å². The molecule has 12 heavy (non-hydrogen) atoms. The molecule has 2 rings (SSSR count). The molecule has 0 atom stereocenters. The highest BCUT2D eigenvalue weighted by molar-refractivity contribution is 5.45. The average molecular weight is 161 g/mol. The Kier molecular flexibility index (Phi) is 2.03. The molecule has 1 aliphatic carbocycles. The molecule has 64 valence electrons. The summed E-state index contributed by atoms with van der Waals surface area (Å²) in [5.74, 6) is 0.950. The van der Waals surface area contributed by atoms with E-state index in [2.05, 4.69) is 36.5 Å². The van der Waals surface area contributed by atoms with E-state index >= 15 is 0 Å². The normalized spacial score (nSPS) is 16.1. The fourth-order valence-corrected chi connectivity index (χ4v) is 1.34. The van der Waals surface area contributed by atoms with Crippen LogP contribution in [0, 0.1) is 12.8 Å². The molecule has 0 spiro atoms. The lowest BCUT2D eigenvalue weighted by atomic mass is 10.2. The molecule has 0 radical (unpaired) electrons. The number of rotatable bonds is 3. The Labute approximate surface area is 73.8 Å². The van der Waals surface area contributed by atoms with E-state index in [9.17, 15) is 0 Å². The van der Waals surface area contributed by atoms with Crippen molar-refractivity contribution in [2.24, 2.45) is 5.92 Å². The summed E-state index contributed by atoms with van der Waals surface area (Å²) in [6.45, 7) is 3.28. The number of hydrogen-bond acceptors (Lipinski definition) is 1. The first-order valence-electron chi connectivity index (χ1n) is 4.65. The van der Waals surface area contributed by atoms with E-state index in [1.165, 1.54) is 24.1 Å². The third-order valence-corrected chi connectivity index (χ3v) is 2.31. The minimum atomic E-state index is 0.950. The lowest BCUT2D eigenvalue weighted by Gasteiger charge is -2.05. The van der Waals surface area contributed by atoms with Gasteiger partial charge in [0.15, 0.2) is 0 Å². The van der Waals surface area contributed by atoms with E-state index in [4.69, 9.17) is 0 Å². The maximum Gasteiger partial charge on any atom is 0.0342 e. The Morgan fingerprint density at radius 2 is 2.25 bits per heavy atom. The molecule has 1 aromatic carbocycles. The first-order chi connectivity index (χ1) is 5.84. The van der Waals surface area contributed by atoms with Gasteiger partial charge >= 0.3 is 0 Å². The maximum absolute atomic E-state index is 3.45. The van der Waals surface area contributed by atoms with Crippen LogP contribution in [-0.4, -0.2) is 6.54 Å². The molecule has 0 amide bonds. The maximum atomic E-state index is 3.45. The predicted octanol–water partition coefficient (Wildman–Crippen LogP) is 2.82. The van der Waals surface area contributed by atoms with Gasteiger partial charge in [0.25, 0.3) is 0 Å². The Morgan fingerprint density at radius 3 is 2.92 bits per heavy atom. The minimum absolute atomic E-state index is 0.950. The second-order valence-corrected chi connectivity index (χ2v) is 3.69. The summed E-state index contributed by atoms with van der Waals surface area (Å²) >= 11 is 0. The quantitative estimate of drug-likeness (QED) is 0.718. The van der Waals surface area contributed by atoms with Crippen molar-refractivity contribution < 1.29 is 0 Å². The highest BCUT2D eigenvalue weighted by Gasteiger charge is 2.20. The van der Waals surface area contributed by atoms with Crippen LogP contribution in [-0.2, 0) is 0 Å². The number of aryl methyl sites for hydroxylation is 1. The molecule has 1 aliphatic rings. The summed E-state index contributed by atoms with van der Waals surface area (Å²) in [6.07, 6.45) is 2.83. The van der Waals surface area contributed by atoms with Crippen LogP contribution in [0.25, 0.3) is 0 Å². The lowest BCUT2D eigenvalue weighted by Crippen LogP contribution is -2.02. The minimum Gasteiger partial charge on any atom is -0.385 e. The van der Waals surface area contributed by atoms with Crippen LogP contribution in [0.4, 0.5) is 5.69 Å². The monoisotopic (exact) mass is 161 g/mol. The molecule has 0 unspecified atom stereocenters. The number of anilines is 1. The van der Waals surface area contributed by atoms with Gasteiger partial charge in [-0.2, -0.15) is 0 Å². The van der Waals surface area contributed by atoms with E-state index in [-0.39, 0.29) is 0 Å². The fraction of sp³-hybridized carbons (Fsp3) is 0.455. The van der Waals surface area contributed by atoms with Gasteiger partial charge in [-0.05, 0) is 43.4 Å². The van der Waals surface area contributed by atoms with Gasteiger partial charge in [-0.1, -0.05) is 12.1 Å². The molecule has 1 N–H and O–H groups in total. The van der Waals surface area contributed by atoms with Crippen LogP contribution in [0.2, 0.25) is 0 Å². The van der Waals surface area contributed by atoms with E-state index in [1.807, 2.05) is 0 Å². The van der Waals surface area contributed by atoms with Crippen LogP contribution in [0.5, 0.6) is 0 Å². The average Bonchev–Trinajstić information content (AvgIpc) is 2.84. The lowest BCUT2D eigenvalue weighted by molar-refractivity contribution is 0.889. The largest absolute Gasteiger partial charge is 0.385 e. The Bertz CT molecular complexity index is 263. The van der Waals surface area contributed by atoms with Gasteiger partial charge in [-0.25, -0.2) is 0 Å². The number of benzene rings is 1. The van der Waals surface area contributed by atoms with Crippen molar-refractivity contribution >= 4 is 5.69 Å².